The Bertz CT molecular complexity index is 1230. The van der Waals surface area contributed by atoms with Crippen molar-refractivity contribution in [2.24, 2.45) is 0 Å². The fourth-order valence-electron chi connectivity index (χ4n) is 4.20. The Morgan fingerprint density at radius 3 is 2.64 bits per heavy atom. The van der Waals surface area contributed by atoms with Gasteiger partial charge in [-0.1, -0.05) is 19.1 Å². The number of nitrogens with one attached hydrogen (secondary N) is 3. The van der Waals surface area contributed by atoms with E-state index in [-0.39, 0.29) is 18.4 Å². The number of aromatic nitrogens is 1. The van der Waals surface area contributed by atoms with Gasteiger partial charge in [-0.15, -0.1) is 11.3 Å². The lowest BCUT2D eigenvalue weighted by atomic mass is 9.98. The third-order valence-electron chi connectivity index (χ3n) is 6.13. The minimum atomic E-state index is -0.245. The molecule has 1 atom stereocenters. The Kier molecular flexibility index (Phi) is 8.56. The number of thiazole rings is 1. The van der Waals surface area contributed by atoms with E-state index < -0.39 is 0 Å². The largest absolute Gasteiger partial charge is 0.493 e. The van der Waals surface area contributed by atoms with Gasteiger partial charge in [-0.05, 0) is 68.1 Å². The summed E-state index contributed by atoms with van der Waals surface area (Å²) < 4.78 is 10.5. The number of aryl methyl sites for hydroxylation is 1. The lowest BCUT2D eigenvalue weighted by molar-refractivity contribution is 0.0950. The summed E-state index contributed by atoms with van der Waals surface area (Å²) in [6.45, 7) is 3.47. The Morgan fingerprint density at radius 1 is 1.06 bits per heavy atom. The van der Waals surface area contributed by atoms with Gasteiger partial charge >= 0.3 is 0 Å². The molecule has 9 heteroatoms. The van der Waals surface area contributed by atoms with Gasteiger partial charge in [0.15, 0.2) is 16.6 Å². The van der Waals surface area contributed by atoms with E-state index in [1.54, 1.807) is 48.8 Å². The summed E-state index contributed by atoms with van der Waals surface area (Å²) in [4.78, 5) is 31.4. The number of carbonyl (C=O) groups excluding carboxylic acids is 2. The van der Waals surface area contributed by atoms with E-state index in [9.17, 15) is 9.59 Å². The van der Waals surface area contributed by atoms with Crippen LogP contribution in [0.3, 0.4) is 0 Å². The molecule has 0 saturated heterocycles. The van der Waals surface area contributed by atoms with Crippen molar-refractivity contribution in [1.82, 2.24) is 15.6 Å². The fraction of sp³-hybridized carbons (Fsp3) is 0.370. The number of benzene rings is 2. The predicted octanol–water partition coefficient (Wildman–Crippen LogP) is 4.20. The third kappa shape index (κ3) is 6.22. The van der Waals surface area contributed by atoms with Gasteiger partial charge in [-0.25, -0.2) is 4.98 Å². The van der Waals surface area contributed by atoms with Crippen molar-refractivity contribution in [3.05, 3.63) is 69.7 Å². The first-order chi connectivity index (χ1) is 17.5. The number of carbonyl (C=O) groups is 2. The van der Waals surface area contributed by atoms with Crippen molar-refractivity contribution in [1.29, 1.82) is 0 Å². The van der Waals surface area contributed by atoms with Crippen LogP contribution in [0.2, 0.25) is 0 Å². The molecule has 0 saturated carbocycles. The van der Waals surface area contributed by atoms with Crippen molar-refractivity contribution in [2.75, 3.05) is 26.1 Å². The van der Waals surface area contributed by atoms with Crippen molar-refractivity contribution in [2.45, 2.75) is 45.2 Å². The molecule has 1 aliphatic rings. The zero-order chi connectivity index (χ0) is 25.5. The van der Waals surface area contributed by atoms with E-state index in [0.717, 1.165) is 43.5 Å². The topological polar surface area (TPSA) is 102 Å². The molecule has 36 heavy (non-hydrogen) atoms. The Hall–Kier alpha value is -3.43. The minimum absolute atomic E-state index is 0.213. The second-order valence-corrected chi connectivity index (χ2v) is 9.77. The Labute approximate surface area is 215 Å². The standard InChI is InChI=1S/C27H32N4O4S/c1-4-12-28-20-9-10-21-24(15-20)36-27(30-21)31-26(33)18-7-5-6-17(13-18)16-29-25(32)19-8-11-22(34-2)23(14-19)35-3/h5-8,11,13-14,20,28H,4,9-10,12,15-16H2,1-3H3,(H,29,32)(H,30,31,33)/t20-/m0/s1. The SMILES string of the molecule is CCCN[C@H]1CCc2nc(NC(=O)c3cccc(CNC(=O)c4ccc(OC)c(OC)c4)c3)sc2C1. The van der Waals surface area contributed by atoms with Crippen LogP contribution < -0.4 is 25.4 Å². The van der Waals surface area contributed by atoms with E-state index in [0.29, 0.717) is 33.8 Å². The maximum absolute atomic E-state index is 12.9. The minimum Gasteiger partial charge on any atom is -0.493 e. The Balaban J connectivity index is 1.35. The third-order valence-corrected chi connectivity index (χ3v) is 7.17. The highest BCUT2D eigenvalue weighted by molar-refractivity contribution is 7.15. The highest BCUT2D eigenvalue weighted by atomic mass is 32.1. The number of fused-ring (bicyclic) bond motifs is 1. The van der Waals surface area contributed by atoms with Gasteiger partial charge in [0, 0.05) is 28.6 Å². The van der Waals surface area contributed by atoms with Crippen molar-refractivity contribution < 1.29 is 19.1 Å². The molecular weight excluding hydrogens is 476 g/mol. The van der Waals surface area contributed by atoms with E-state index in [1.807, 2.05) is 12.1 Å². The summed E-state index contributed by atoms with van der Waals surface area (Å²) in [5.41, 5.74) is 2.89. The summed E-state index contributed by atoms with van der Waals surface area (Å²) in [6.07, 6.45) is 4.07. The molecule has 0 aliphatic heterocycles. The first-order valence-corrected chi connectivity index (χ1v) is 12.9. The molecule has 1 aliphatic carbocycles. The van der Waals surface area contributed by atoms with Gasteiger partial charge < -0.3 is 20.1 Å². The molecule has 0 unspecified atom stereocenters. The van der Waals surface area contributed by atoms with Crippen molar-refractivity contribution in [3.8, 4) is 11.5 Å². The lowest BCUT2D eigenvalue weighted by Crippen LogP contribution is -2.34. The van der Waals surface area contributed by atoms with Crippen LogP contribution >= 0.6 is 11.3 Å². The summed E-state index contributed by atoms with van der Waals surface area (Å²) in [5.74, 6) is 0.586. The van der Waals surface area contributed by atoms with Crippen LogP contribution in [-0.2, 0) is 19.4 Å². The molecule has 1 aromatic heterocycles. The van der Waals surface area contributed by atoms with Crippen LogP contribution in [-0.4, -0.2) is 43.6 Å². The summed E-state index contributed by atoms with van der Waals surface area (Å²) in [6, 6.07) is 12.7. The van der Waals surface area contributed by atoms with Gasteiger partial charge in [0.2, 0.25) is 0 Å². The maximum Gasteiger partial charge on any atom is 0.257 e. The first kappa shape index (κ1) is 25.7. The molecule has 2 aromatic carbocycles. The van der Waals surface area contributed by atoms with E-state index in [1.165, 1.54) is 12.0 Å². The number of rotatable bonds is 10. The fourth-order valence-corrected chi connectivity index (χ4v) is 5.29. The average molecular weight is 509 g/mol. The van der Waals surface area contributed by atoms with Crippen LogP contribution in [0.15, 0.2) is 42.5 Å². The van der Waals surface area contributed by atoms with Gasteiger partial charge in [-0.2, -0.15) is 0 Å². The smallest absolute Gasteiger partial charge is 0.257 e. The number of anilines is 1. The molecule has 3 N–H and O–H groups in total. The van der Waals surface area contributed by atoms with Gasteiger partial charge in [-0.3, -0.25) is 14.9 Å². The summed E-state index contributed by atoms with van der Waals surface area (Å²) in [7, 11) is 3.07. The lowest BCUT2D eigenvalue weighted by Gasteiger charge is -2.21. The van der Waals surface area contributed by atoms with Crippen molar-refractivity contribution in [3.63, 3.8) is 0 Å². The summed E-state index contributed by atoms with van der Waals surface area (Å²) >= 11 is 1.56. The van der Waals surface area contributed by atoms with Crippen LogP contribution in [0, 0.1) is 0 Å². The molecule has 2 amide bonds. The molecule has 190 valence electrons. The maximum atomic E-state index is 12.9. The van der Waals surface area contributed by atoms with Gasteiger partial charge in [0.1, 0.15) is 0 Å². The molecule has 0 spiro atoms. The van der Waals surface area contributed by atoms with Crippen molar-refractivity contribution >= 4 is 28.3 Å². The van der Waals surface area contributed by atoms with Crippen LogP contribution in [0.5, 0.6) is 11.5 Å². The molecule has 8 nitrogen and oxygen atoms in total. The Morgan fingerprint density at radius 2 is 1.86 bits per heavy atom. The second kappa shape index (κ2) is 12.0. The number of hydrogen-bond acceptors (Lipinski definition) is 7. The molecular formula is C27H32N4O4S. The first-order valence-electron chi connectivity index (χ1n) is 12.1. The molecule has 4 rings (SSSR count). The number of amides is 2. The highest BCUT2D eigenvalue weighted by Gasteiger charge is 2.23. The number of methoxy groups -OCH3 is 2. The highest BCUT2D eigenvalue weighted by Crippen LogP contribution is 2.30. The summed E-state index contributed by atoms with van der Waals surface area (Å²) in [5, 5.41) is 10.1. The average Bonchev–Trinajstić information content (AvgIpc) is 3.31. The van der Waals surface area contributed by atoms with E-state index in [4.69, 9.17) is 9.47 Å². The zero-order valence-electron chi connectivity index (χ0n) is 20.8. The number of nitrogens with zero attached hydrogens (tertiary/aromatic N) is 1. The molecule has 0 fully saturated rings. The number of ether oxygens (including phenoxy) is 2. The predicted molar refractivity (Wildman–Crippen MR) is 141 cm³/mol. The van der Waals surface area contributed by atoms with Crippen LogP contribution in [0.25, 0.3) is 0 Å². The van der Waals surface area contributed by atoms with Gasteiger partial charge in [0.25, 0.3) is 11.8 Å². The van der Waals surface area contributed by atoms with Gasteiger partial charge in [0.05, 0.1) is 19.9 Å². The van der Waals surface area contributed by atoms with E-state index >= 15 is 0 Å². The van der Waals surface area contributed by atoms with Crippen LogP contribution in [0.4, 0.5) is 5.13 Å². The number of hydrogen-bond donors (Lipinski definition) is 3. The normalized spacial score (nSPS) is 14.6. The quantitative estimate of drug-likeness (QED) is 0.379. The molecule has 0 radical (unpaired) electrons. The van der Waals surface area contributed by atoms with E-state index in [2.05, 4.69) is 27.9 Å². The molecule has 1 heterocycles. The zero-order valence-corrected chi connectivity index (χ0v) is 21.7. The monoisotopic (exact) mass is 508 g/mol. The van der Waals surface area contributed by atoms with Crippen LogP contribution in [0.1, 0.15) is 56.6 Å². The molecule has 3 aromatic rings. The second-order valence-electron chi connectivity index (χ2n) is 8.69. The molecule has 0 bridgehead atoms.